The number of morpholine rings is 1. The maximum absolute atomic E-state index is 12.7. The molecular weight excluding hydrogens is 278 g/mol. The summed E-state index contributed by atoms with van der Waals surface area (Å²) in [7, 11) is -3.46. The second kappa shape index (κ2) is 5.85. The molecule has 7 heteroatoms. The van der Waals surface area contributed by atoms with Gasteiger partial charge in [0, 0.05) is 37.6 Å². The minimum Gasteiger partial charge on any atom is -0.376 e. The molecule has 6 nitrogen and oxygen atoms in total. The van der Waals surface area contributed by atoms with Crippen LogP contribution in [0.1, 0.15) is 32.5 Å². The number of hydrogen-bond acceptors (Lipinski definition) is 4. The van der Waals surface area contributed by atoms with E-state index in [1.165, 1.54) is 4.31 Å². The Bertz CT molecular complexity index is 565. The van der Waals surface area contributed by atoms with Crippen molar-refractivity contribution in [3.05, 3.63) is 18.0 Å². The SMILES string of the molecule is CC1CN(S(=O)(=O)c2cc(CN)n(C(C)C)c2)CCO1. The standard InChI is InChI=1S/C13H23N3O3S/c1-10(2)16-9-13(6-12(16)7-14)20(17,18)15-4-5-19-11(3)8-15/h6,9-11H,4-5,7-8,14H2,1-3H3. The normalized spacial score (nSPS) is 21.6. The van der Waals surface area contributed by atoms with Crippen molar-refractivity contribution < 1.29 is 13.2 Å². The number of nitrogens with two attached hydrogens (primary N) is 1. The zero-order chi connectivity index (χ0) is 14.9. The summed E-state index contributed by atoms with van der Waals surface area (Å²) in [4.78, 5) is 0.320. The molecule has 0 bridgehead atoms. The molecule has 1 fully saturated rings. The monoisotopic (exact) mass is 301 g/mol. The molecular formula is C13H23N3O3S. The zero-order valence-electron chi connectivity index (χ0n) is 12.2. The van der Waals surface area contributed by atoms with Crippen LogP contribution in [-0.2, 0) is 21.3 Å². The molecule has 1 aliphatic heterocycles. The van der Waals surface area contributed by atoms with Crippen LogP contribution in [0, 0.1) is 0 Å². The third kappa shape index (κ3) is 2.90. The fraction of sp³-hybridized carbons (Fsp3) is 0.692. The van der Waals surface area contributed by atoms with Crippen molar-refractivity contribution in [2.75, 3.05) is 19.7 Å². The van der Waals surface area contributed by atoms with Gasteiger partial charge in [-0.05, 0) is 26.8 Å². The molecule has 2 N–H and O–H groups in total. The van der Waals surface area contributed by atoms with E-state index >= 15 is 0 Å². The van der Waals surface area contributed by atoms with Gasteiger partial charge in [-0.1, -0.05) is 0 Å². The Labute approximate surface area is 120 Å². The molecule has 0 amide bonds. The van der Waals surface area contributed by atoms with Gasteiger partial charge in [-0.25, -0.2) is 8.42 Å². The second-order valence-electron chi connectivity index (χ2n) is 5.42. The van der Waals surface area contributed by atoms with Crippen LogP contribution < -0.4 is 5.73 Å². The van der Waals surface area contributed by atoms with Crippen LogP contribution in [0.25, 0.3) is 0 Å². The lowest BCUT2D eigenvalue weighted by molar-refractivity contribution is 0.0102. The first-order valence-corrected chi connectivity index (χ1v) is 8.33. The lowest BCUT2D eigenvalue weighted by Crippen LogP contribution is -2.44. The molecule has 0 aliphatic carbocycles. The van der Waals surface area contributed by atoms with Crippen LogP contribution in [0.5, 0.6) is 0 Å². The van der Waals surface area contributed by atoms with Crippen molar-refractivity contribution in [1.82, 2.24) is 8.87 Å². The Morgan fingerprint density at radius 2 is 2.20 bits per heavy atom. The maximum atomic E-state index is 12.7. The first-order valence-electron chi connectivity index (χ1n) is 6.88. The predicted molar refractivity (Wildman–Crippen MR) is 76.9 cm³/mol. The molecule has 0 aromatic carbocycles. The molecule has 1 aromatic heterocycles. The minimum absolute atomic E-state index is 0.0697. The summed E-state index contributed by atoms with van der Waals surface area (Å²) in [6, 6.07) is 1.86. The number of hydrogen-bond donors (Lipinski definition) is 1. The summed E-state index contributed by atoms with van der Waals surface area (Å²) >= 11 is 0. The molecule has 1 aromatic rings. The number of nitrogens with zero attached hydrogens (tertiary/aromatic N) is 2. The highest BCUT2D eigenvalue weighted by Gasteiger charge is 2.30. The Balaban J connectivity index is 2.34. The van der Waals surface area contributed by atoms with E-state index in [9.17, 15) is 8.42 Å². The summed E-state index contributed by atoms with van der Waals surface area (Å²) in [5.41, 5.74) is 6.53. The molecule has 2 heterocycles. The Morgan fingerprint density at radius 1 is 1.50 bits per heavy atom. The van der Waals surface area contributed by atoms with Crippen molar-refractivity contribution in [1.29, 1.82) is 0 Å². The molecule has 1 saturated heterocycles. The topological polar surface area (TPSA) is 77.6 Å². The van der Waals surface area contributed by atoms with Crippen LogP contribution in [0.3, 0.4) is 0 Å². The number of aromatic nitrogens is 1. The van der Waals surface area contributed by atoms with Crippen molar-refractivity contribution >= 4 is 10.0 Å². The molecule has 114 valence electrons. The van der Waals surface area contributed by atoms with E-state index in [4.69, 9.17) is 10.5 Å². The smallest absolute Gasteiger partial charge is 0.244 e. The van der Waals surface area contributed by atoms with Gasteiger partial charge in [0.2, 0.25) is 10.0 Å². The fourth-order valence-corrected chi connectivity index (χ4v) is 3.99. The second-order valence-corrected chi connectivity index (χ2v) is 7.35. The van der Waals surface area contributed by atoms with Crippen LogP contribution in [-0.4, -0.2) is 43.1 Å². The summed E-state index contributed by atoms with van der Waals surface area (Å²) in [5.74, 6) is 0. The number of rotatable bonds is 4. The average Bonchev–Trinajstić information content (AvgIpc) is 2.83. The Hall–Kier alpha value is -0.890. The molecule has 20 heavy (non-hydrogen) atoms. The van der Waals surface area contributed by atoms with Gasteiger partial charge >= 0.3 is 0 Å². The molecule has 2 rings (SSSR count). The van der Waals surface area contributed by atoms with Crippen molar-refractivity contribution in [3.63, 3.8) is 0 Å². The number of ether oxygens (including phenoxy) is 1. The Morgan fingerprint density at radius 3 is 2.70 bits per heavy atom. The highest BCUT2D eigenvalue weighted by Crippen LogP contribution is 2.23. The van der Waals surface area contributed by atoms with Crippen molar-refractivity contribution in [2.24, 2.45) is 5.73 Å². The lowest BCUT2D eigenvalue weighted by Gasteiger charge is -2.29. The van der Waals surface area contributed by atoms with Crippen LogP contribution in [0.4, 0.5) is 0 Å². The molecule has 1 atom stereocenters. The molecule has 1 aliphatic rings. The number of sulfonamides is 1. The average molecular weight is 301 g/mol. The maximum Gasteiger partial charge on any atom is 0.244 e. The van der Waals surface area contributed by atoms with Crippen LogP contribution in [0.15, 0.2) is 17.2 Å². The van der Waals surface area contributed by atoms with E-state index in [2.05, 4.69) is 0 Å². The van der Waals surface area contributed by atoms with Gasteiger partial charge in [0.1, 0.15) is 4.90 Å². The molecule has 0 spiro atoms. The third-order valence-electron chi connectivity index (χ3n) is 3.51. The van der Waals surface area contributed by atoms with Gasteiger partial charge in [0.05, 0.1) is 12.7 Å². The van der Waals surface area contributed by atoms with Gasteiger partial charge in [-0.15, -0.1) is 0 Å². The lowest BCUT2D eigenvalue weighted by atomic mass is 10.3. The van der Waals surface area contributed by atoms with Gasteiger partial charge in [0.25, 0.3) is 0 Å². The summed E-state index contributed by atoms with van der Waals surface area (Å²) < 4.78 is 34.1. The minimum atomic E-state index is -3.46. The van der Waals surface area contributed by atoms with Crippen molar-refractivity contribution in [2.45, 2.75) is 44.4 Å². The van der Waals surface area contributed by atoms with Gasteiger partial charge in [0.15, 0.2) is 0 Å². The molecule has 0 saturated carbocycles. The largest absolute Gasteiger partial charge is 0.376 e. The van der Waals surface area contributed by atoms with Crippen LogP contribution >= 0.6 is 0 Å². The van der Waals surface area contributed by atoms with E-state index in [0.717, 1.165) is 5.69 Å². The Kier molecular flexibility index (Phi) is 4.53. The zero-order valence-corrected chi connectivity index (χ0v) is 13.1. The van der Waals surface area contributed by atoms with E-state index in [1.54, 1.807) is 12.3 Å². The van der Waals surface area contributed by atoms with Crippen LogP contribution in [0.2, 0.25) is 0 Å². The highest BCUT2D eigenvalue weighted by atomic mass is 32.2. The third-order valence-corrected chi connectivity index (χ3v) is 5.34. The van der Waals surface area contributed by atoms with E-state index < -0.39 is 10.0 Å². The first-order chi connectivity index (χ1) is 9.36. The molecule has 0 radical (unpaired) electrons. The fourth-order valence-electron chi connectivity index (χ4n) is 2.44. The van der Waals surface area contributed by atoms with Crippen molar-refractivity contribution in [3.8, 4) is 0 Å². The molecule has 1 unspecified atom stereocenters. The van der Waals surface area contributed by atoms with E-state index in [1.807, 2.05) is 25.3 Å². The van der Waals surface area contributed by atoms with E-state index in [-0.39, 0.29) is 12.1 Å². The summed E-state index contributed by atoms with van der Waals surface area (Å²) in [6.07, 6.45) is 1.61. The van der Waals surface area contributed by atoms with Gasteiger partial charge < -0.3 is 15.0 Å². The first kappa shape index (κ1) is 15.5. The predicted octanol–water partition coefficient (Wildman–Crippen LogP) is 0.937. The van der Waals surface area contributed by atoms with E-state index in [0.29, 0.717) is 31.1 Å². The van der Waals surface area contributed by atoms with Gasteiger partial charge in [-0.2, -0.15) is 4.31 Å². The van der Waals surface area contributed by atoms with Gasteiger partial charge in [-0.3, -0.25) is 0 Å². The highest BCUT2D eigenvalue weighted by molar-refractivity contribution is 7.89. The summed E-state index contributed by atoms with van der Waals surface area (Å²) in [5, 5.41) is 0. The summed E-state index contributed by atoms with van der Waals surface area (Å²) in [6.45, 7) is 7.46. The quantitative estimate of drug-likeness (QED) is 0.897.